The van der Waals surface area contributed by atoms with Gasteiger partial charge in [0.2, 0.25) is 0 Å². The van der Waals surface area contributed by atoms with E-state index in [9.17, 15) is 0 Å². The van der Waals surface area contributed by atoms with Crippen LogP contribution in [0.5, 0.6) is 0 Å². The fourth-order valence-corrected chi connectivity index (χ4v) is 25.1. The molecule has 0 fully saturated rings. The van der Waals surface area contributed by atoms with Crippen LogP contribution in [0.1, 0.15) is 4.88 Å². The molecule has 0 aliphatic heterocycles. The van der Waals surface area contributed by atoms with Crippen molar-refractivity contribution in [3.63, 3.8) is 0 Å². The number of thiophene rings is 4. The molecule has 5 atom stereocenters. The normalized spacial score (nSPS) is 20.6. The Labute approximate surface area is 254 Å². The molecule has 0 radical (unpaired) electrons. The standard InChI is InChI=1S/C13H8I5P5S4/c1-2-3(19-14)7-8(24-2)4(20-15)9(25-7)10-5(21-16)11-12(26-10)6(22-17)13(23-18)27-11/h19-23H,1H3/i19D,20D,21D,22D,23D. The number of hydrogen-bond acceptors (Lipinski definition) is 4. The van der Waals surface area contributed by atoms with Crippen molar-refractivity contribution in [2.45, 2.75) is 6.92 Å². The topological polar surface area (TPSA) is 0 Å². The number of hydrogen-bond donors (Lipinski definition) is 0. The van der Waals surface area contributed by atoms with Gasteiger partial charge in [0.25, 0.3) is 0 Å². The van der Waals surface area contributed by atoms with E-state index in [4.69, 9.17) is 6.39 Å². The summed E-state index contributed by atoms with van der Waals surface area (Å²) in [5.41, 5.74) is 0. The lowest BCUT2D eigenvalue weighted by Gasteiger charge is -2.02. The second-order valence-corrected chi connectivity index (χ2v) is 20.0. The van der Waals surface area contributed by atoms with Gasteiger partial charge in [0, 0.05) is 30.7 Å². The monoisotopic (exact) mass is 1090 g/mol. The fraction of sp³-hybridized carbons (Fsp3) is 0.0769. The predicted molar refractivity (Wildman–Crippen MR) is 193 cm³/mol. The van der Waals surface area contributed by atoms with Gasteiger partial charge >= 0.3 is 0 Å². The van der Waals surface area contributed by atoms with E-state index in [-0.39, 0.29) is 0 Å². The van der Waals surface area contributed by atoms with Gasteiger partial charge in [-0.15, -0.1) is 45.3 Å². The first-order chi connectivity index (χ1) is 15.0. The summed E-state index contributed by atoms with van der Waals surface area (Å²) >= 11 is 17.8. The molecule has 0 saturated heterocycles. The van der Waals surface area contributed by atoms with E-state index >= 15 is 0 Å². The van der Waals surface area contributed by atoms with Gasteiger partial charge < -0.3 is 0 Å². The molecule has 4 aromatic heterocycles. The first kappa shape index (κ1) is 19.3. The molecule has 5 unspecified atom stereocenters. The van der Waals surface area contributed by atoms with E-state index in [1.165, 1.54) is 4.88 Å². The highest BCUT2D eigenvalue weighted by Crippen LogP contribution is 2.49. The summed E-state index contributed by atoms with van der Waals surface area (Å²) < 4.78 is 48.3. The van der Waals surface area contributed by atoms with Crippen molar-refractivity contribution in [2.24, 2.45) is 0 Å². The molecule has 144 valence electrons. The molecule has 0 aliphatic carbocycles. The van der Waals surface area contributed by atoms with E-state index in [1.54, 1.807) is 45.3 Å². The molecule has 0 spiro atoms. The zero-order chi connectivity index (χ0) is 23.6. The highest BCUT2D eigenvalue weighted by atomic mass is 127. The molecular weight excluding hydrogens is 1070 g/mol. The van der Waals surface area contributed by atoms with Crippen LogP contribution in [0.15, 0.2) is 0 Å². The Kier molecular flexibility index (Phi) is 8.04. The Morgan fingerprint density at radius 2 is 1.04 bits per heavy atom. The van der Waals surface area contributed by atoms with Gasteiger partial charge in [0.05, 0.1) is 34.9 Å². The van der Waals surface area contributed by atoms with Crippen LogP contribution in [0.4, 0.5) is 0 Å². The van der Waals surface area contributed by atoms with Crippen molar-refractivity contribution in [1.29, 1.82) is 6.39 Å². The molecule has 14 heteroatoms. The van der Waals surface area contributed by atoms with Crippen molar-refractivity contribution in [1.82, 2.24) is 0 Å². The first-order valence-electron chi connectivity index (χ1n) is 9.08. The summed E-state index contributed by atoms with van der Waals surface area (Å²) in [6, 6.07) is 0. The average Bonchev–Trinajstić information content (AvgIpc) is 3.35. The molecule has 0 aromatic carbocycles. The molecule has 0 saturated carbocycles. The Balaban J connectivity index is 2.09. The molecule has 0 aliphatic rings. The predicted octanol–water partition coefficient (Wildman–Crippen LogP) is 9.48. The van der Waals surface area contributed by atoms with Gasteiger partial charge in [-0.3, -0.25) is 0 Å². The van der Waals surface area contributed by atoms with E-state index in [2.05, 4.69) is 117 Å². The van der Waals surface area contributed by atoms with E-state index < -0.39 is 30.8 Å². The number of halogens is 5. The number of aryl methyl sites for hydroxylation is 1. The maximum Gasteiger partial charge on any atom is 0.0748 e. The summed E-state index contributed by atoms with van der Waals surface area (Å²) in [6.45, 7) is 2.09. The van der Waals surface area contributed by atoms with Crippen molar-refractivity contribution >= 4 is 231 Å². The lowest BCUT2D eigenvalue weighted by atomic mass is 10.3. The molecule has 4 heterocycles. The third-order valence-electron chi connectivity index (χ3n) is 3.72. The fourth-order valence-electron chi connectivity index (χ4n) is 2.61. The number of fused-ring (bicyclic) bond motifs is 2. The maximum absolute atomic E-state index is 8.74. The van der Waals surface area contributed by atoms with Crippen molar-refractivity contribution in [2.75, 3.05) is 0 Å². The van der Waals surface area contributed by atoms with Crippen LogP contribution < -0.4 is 25.8 Å². The van der Waals surface area contributed by atoms with Crippen LogP contribution in [0.2, 0.25) is 0 Å². The van der Waals surface area contributed by atoms with Gasteiger partial charge in [0.1, 0.15) is 0 Å². The Hall–Kier alpha value is 5.12. The van der Waals surface area contributed by atoms with Crippen LogP contribution in [0, 0.1) is 6.92 Å². The van der Waals surface area contributed by atoms with Crippen LogP contribution >= 0.6 is 186 Å². The SMILES string of the molecule is [2H]P(I)c1sc2c(P([2H])I)c(-c3sc4c(P([2H])I)c(C)sc4c3P([2H])I)sc2c1P([2H])I. The maximum atomic E-state index is 8.74. The van der Waals surface area contributed by atoms with Crippen LogP contribution in [0.3, 0.4) is 0 Å². The summed E-state index contributed by atoms with van der Waals surface area (Å²) in [7, 11) is 0. The van der Waals surface area contributed by atoms with Gasteiger partial charge in [-0.05, 0) is 37.8 Å². The van der Waals surface area contributed by atoms with Gasteiger partial charge in [-0.1, -0.05) is 110 Å². The van der Waals surface area contributed by atoms with E-state index in [0.29, 0.717) is 0 Å². The smallest absolute Gasteiger partial charge is 0.0748 e. The van der Waals surface area contributed by atoms with Gasteiger partial charge in [-0.2, -0.15) is 0 Å². The summed E-state index contributed by atoms with van der Waals surface area (Å²) in [5.74, 6) is 0. The van der Waals surface area contributed by atoms with Crippen molar-refractivity contribution < 1.29 is 0 Å². The van der Waals surface area contributed by atoms with E-state index in [1.807, 2.05) is 0 Å². The number of rotatable bonds is 6. The molecule has 0 bridgehead atoms. The summed E-state index contributed by atoms with van der Waals surface area (Å²) in [5, 5.41) is 4.27. The van der Waals surface area contributed by atoms with Gasteiger partial charge in [0.15, 0.2) is 0 Å². The molecule has 0 nitrogen and oxygen atoms in total. The quantitative estimate of drug-likeness (QED) is 0.134. The largest absolute Gasteiger partial charge is 0.138 e. The highest BCUT2D eigenvalue weighted by Gasteiger charge is 2.26. The Morgan fingerprint density at radius 1 is 0.593 bits per heavy atom. The minimum Gasteiger partial charge on any atom is -0.138 e. The molecule has 27 heavy (non-hydrogen) atoms. The molecule has 4 rings (SSSR count). The Morgan fingerprint density at radius 3 is 1.52 bits per heavy atom. The zero-order valence-electron chi connectivity index (χ0n) is 17.8. The summed E-state index contributed by atoms with van der Waals surface area (Å²) in [4.78, 5) is 3.39. The van der Waals surface area contributed by atoms with Gasteiger partial charge in [-0.25, -0.2) is 0 Å². The minimum atomic E-state index is -1.17. The third-order valence-corrected chi connectivity index (χ3v) is 21.8. The Bertz CT molecular complexity index is 1320. The summed E-state index contributed by atoms with van der Waals surface area (Å²) in [6.07, 6.45) is -5.50. The molecule has 0 amide bonds. The van der Waals surface area contributed by atoms with Crippen LogP contribution in [-0.2, 0) is 0 Å². The first-order valence-corrected chi connectivity index (χ1v) is 28.5. The minimum absolute atomic E-state index is 1.01. The molecular formula is C13H8I5P5S4. The lowest BCUT2D eigenvalue weighted by Crippen LogP contribution is -2.04. The van der Waals surface area contributed by atoms with Crippen LogP contribution in [0.25, 0.3) is 28.6 Å². The average molecular weight is 1090 g/mol. The third kappa shape index (κ3) is 4.68. The second-order valence-electron chi connectivity index (χ2n) is 5.06. The lowest BCUT2D eigenvalue weighted by molar-refractivity contribution is 1.70. The molecule has 4 aromatic rings. The van der Waals surface area contributed by atoms with E-state index in [0.717, 1.165) is 54.4 Å². The van der Waals surface area contributed by atoms with Crippen LogP contribution in [-0.4, -0.2) is 6.39 Å². The second kappa shape index (κ2) is 11.2. The highest BCUT2D eigenvalue weighted by molar-refractivity contribution is 14.2. The van der Waals surface area contributed by atoms with Crippen molar-refractivity contribution in [3.8, 4) is 9.75 Å². The zero-order valence-corrected chi connectivity index (χ0v) is 31.3. The van der Waals surface area contributed by atoms with Crippen molar-refractivity contribution in [3.05, 3.63) is 4.88 Å². The molecule has 0 N–H and O–H groups in total.